The van der Waals surface area contributed by atoms with E-state index in [1.807, 2.05) is 47.9 Å². The van der Waals surface area contributed by atoms with E-state index in [2.05, 4.69) is 10.2 Å². The summed E-state index contributed by atoms with van der Waals surface area (Å²) >= 11 is 1.35. The van der Waals surface area contributed by atoms with Crippen molar-refractivity contribution in [2.75, 3.05) is 19.9 Å². The van der Waals surface area contributed by atoms with Gasteiger partial charge in [-0.15, -0.1) is 10.2 Å². The second kappa shape index (κ2) is 8.09. The van der Waals surface area contributed by atoms with Crippen LogP contribution in [0.1, 0.15) is 18.7 Å². The third kappa shape index (κ3) is 3.91. The van der Waals surface area contributed by atoms with E-state index in [0.29, 0.717) is 5.16 Å². The van der Waals surface area contributed by atoms with Crippen molar-refractivity contribution in [3.05, 3.63) is 54.7 Å². The zero-order valence-corrected chi connectivity index (χ0v) is 15.6. The zero-order chi connectivity index (χ0) is 18.5. The highest BCUT2D eigenvalue weighted by Crippen LogP contribution is 2.24. The Labute approximate surface area is 156 Å². The largest absolute Gasteiger partial charge is 0.497 e. The van der Waals surface area contributed by atoms with Crippen molar-refractivity contribution < 1.29 is 13.9 Å². The highest BCUT2D eigenvalue weighted by Gasteiger charge is 2.20. The molecule has 0 fully saturated rings. The Hall–Kier alpha value is -2.74. The number of furan rings is 1. The topological polar surface area (TPSA) is 73.4 Å². The summed E-state index contributed by atoms with van der Waals surface area (Å²) in [5.41, 5.74) is 0.906. The van der Waals surface area contributed by atoms with Crippen LogP contribution in [0.3, 0.4) is 0 Å². The van der Waals surface area contributed by atoms with Crippen molar-refractivity contribution in [1.82, 2.24) is 19.7 Å². The average Bonchev–Trinajstić information content (AvgIpc) is 3.36. The maximum Gasteiger partial charge on any atom is 0.233 e. The van der Waals surface area contributed by atoms with Gasteiger partial charge in [-0.3, -0.25) is 9.36 Å². The summed E-state index contributed by atoms with van der Waals surface area (Å²) in [6.45, 7) is 1.93. The minimum Gasteiger partial charge on any atom is -0.497 e. The van der Waals surface area contributed by atoms with Crippen LogP contribution in [0.25, 0.3) is 5.69 Å². The van der Waals surface area contributed by atoms with E-state index >= 15 is 0 Å². The van der Waals surface area contributed by atoms with Gasteiger partial charge in [0.25, 0.3) is 0 Å². The number of methoxy groups -OCH3 is 1. The van der Waals surface area contributed by atoms with E-state index in [9.17, 15) is 4.79 Å². The molecule has 3 aromatic rings. The monoisotopic (exact) mass is 372 g/mol. The zero-order valence-electron chi connectivity index (χ0n) is 14.8. The van der Waals surface area contributed by atoms with Crippen LogP contribution < -0.4 is 4.74 Å². The summed E-state index contributed by atoms with van der Waals surface area (Å²) in [6, 6.07) is 11.1. The molecule has 8 heteroatoms. The maximum absolute atomic E-state index is 12.5. The summed E-state index contributed by atoms with van der Waals surface area (Å²) in [5.74, 6) is 1.78. The second-order valence-corrected chi connectivity index (χ2v) is 6.61. The van der Waals surface area contributed by atoms with Gasteiger partial charge in [0.2, 0.25) is 5.91 Å². The van der Waals surface area contributed by atoms with Crippen molar-refractivity contribution in [3.63, 3.8) is 0 Å². The third-order valence-electron chi connectivity index (χ3n) is 4.12. The molecule has 1 atom stereocenters. The highest BCUT2D eigenvalue weighted by molar-refractivity contribution is 7.99. The van der Waals surface area contributed by atoms with Gasteiger partial charge in [0.05, 0.1) is 25.2 Å². The highest BCUT2D eigenvalue weighted by atomic mass is 32.2. The van der Waals surface area contributed by atoms with Gasteiger partial charge in [-0.25, -0.2) is 0 Å². The lowest BCUT2D eigenvalue weighted by molar-refractivity contribution is -0.129. The Kier molecular flexibility index (Phi) is 5.62. The fraction of sp³-hybridized carbons (Fsp3) is 0.278. The van der Waals surface area contributed by atoms with Crippen LogP contribution in [-0.4, -0.2) is 45.5 Å². The van der Waals surface area contributed by atoms with E-state index in [-0.39, 0.29) is 17.7 Å². The Morgan fingerprint density at radius 2 is 2.12 bits per heavy atom. The minimum absolute atomic E-state index is 0.0109. The lowest BCUT2D eigenvalue weighted by Crippen LogP contribution is -2.30. The number of carbonyl (C=O) groups is 1. The standard InChI is InChI=1S/C18H20N4O3S/c1-13(16-5-4-10-25-16)21(2)17(23)11-26-18-20-19-12-22(18)14-6-8-15(24-3)9-7-14/h4-10,12-13H,11H2,1-3H3. The third-order valence-corrected chi connectivity index (χ3v) is 5.05. The second-order valence-electron chi connectivity index (χ2n) is 5.67. The minimum atomic E-state index is -0.127. The first-order valence-corrected chi connectivity index (χ1v) is 9.05. The van der Waals surface area contributed by atoms with Crippen molar-refractivity contribution in [2.24, 2.45) is 0 Å². The van der Waals surface area contributed by atoms with Crippen LogP contribution in [0.15, 0.2) is 58.6 Å². The van der Waals surface area contributed by atoms with Gasteiger partial charge >= 0.3 is 0 Å². The molecule has 3 rings (SSSR count). The molecule has 0 aliphatic rings. The number of aromatic nitrogens is 3. The Balaban J connectivity index is 1.65. The molecule has 0 N–H and O–H groups in total. The normalized spacial score (nSPS) is 12.0. The van der Waals surface area contributed by atoms with Gasteiger partial charge in [0.15, 0.2) is 5.16 Å². The molecule has 0 aliphatic carbocycles. The summed E-state index contributed by atoms with van der Waals surface area (Å²) < 4.78 is 12.4. The van der Waals surface area contributed by atoms with Crippen LogP contribution in [0.2, 0.25) is 0 Å². The van der Waals surface area contributed by atoms with Gasteiger partial charge in [0.1, 0.15) is 17.8 Å². The SMILES string of the molecule is COc1ccc(-n2cnnc2SCC(=O)N(C)C(C)c2ccco2)cc1. The number of hydrogen-bond acceptors (Lipinski definition) is 6. The van der Waals surface area contributed by atoms with Crippen LogP contribution in [0.4, 0.5) is 0 Å². The Bertz CT molecular complexity index is 846. The fourth-order valence-corrected chi connectivity index (χ4v) is 3.26. The predicted molar refractivity (Wildman–Crippen MR) is 98.5 cm³/mol. The molecule has 2 aromatic heterocycles. The lowest BCUT2D eigenvalue weighted by atomic mass is 10.2. The number of amides is 1. The number of nitrogens with zero attached hydrogens (tertiary/aromatic N) is 4. The van der Waals surface area contributed by atoms with E-state index in [1.165, 1.54) is 11.8 Å². The first-order valence-electron chi connectivity index (χ1n) is 8.06. The van der Waals surface area contributed by atoms with Crippen LogP contribution >= 0.6 is 11.8 Å². The lowest BCUT2D eigenvalue weighted by Gasteiger charge is -2.23. The molecule has 1 aromatic carbocycles. The Morgan fingerprint density at radius 1 is 1.35 bits per heavy atom. The van der Waals surface area contributed by atoms with Crippen LogP contribution in [0.5, 0.6) is 5.75 Å². The van der Waals surface area contributed by atoms with Gasteiger partial charge in [0, 0.05) is 12.7 Å². The average molecular weight is 372 g/mol. The quantitative estimate of drug-likeness (QED) is 0.593. The number of ether oxygens (including phenoxy) is 1. The van der Waals surface area contributed by atoms with E-state index in [0.717, 1.165) is 17.2 Å². The molecular weight excluding hydrogens is 352 g/mol. The smallest absolute Gasteiger partial charge is 0.233 e. The maximum atomic E-state index is 12.5. The number of carbonyl (C=O) groups excluding carboxylic acids is 1. The first kappa shape index (κ1) is 18.1. The molecule has 0 spiro atoms. The van der Waals surface area contributed by atoms with Crippen molar-refractivity contribution >= 4 is 17.7 Å². The van der Waals surface area contributed by atoms with Crippen molar-refractivity contribution in [3.8, 4) is 11.4 Å². The molecule has 1 unspecified atom stereocenters. The molecule has 136 valence electrons. The summed E-state index contributed by atoms with van der Waals surface area (Å²) in [5, 5.41) is 8.73. The van der Waals surface area contributed by atoms with Crippen LogP contribution in [-0.2, 0) is 4.79 Å². The molecule has 0 aliphatic heterocycles. The van der Waals surface area contributed by atoms with Gasteiger partial charge in [-0.2, -0.15) is 0 Å². The van der Waals surface area contributed by atoms with Crippen molar-refractivity contribution in [2.45, 2.75) is 18.1 Å². The molecule has 0 bridgehead atoms. The summed E-state index contributed by atoms with van der Waals surface area (Å²) in [6.07, 6.45) is 3.24. The van der Waals surface area contributed by atoms with Crippen LogP contribution in [0, 0.1) is 0 Å². The molecule has 0 radical (unpaired) electrons. The predicted octanol–water partition coefficient (Wildman–Crippen LogP) is 3.18. The fourth-order valence-electron chi connectivity index (χ4n) is 2.41. The van der Waals surface area contributed by atoms with Gasteiger partial charge in [-0.1, -0.05) is 11.8 Å². The molecule has 0 saturated heterocycles. The number of rotatable bonds is 7. The van der Waals surface area contributed by atoms with Crippen molar-refractivity contribution in [1.29, 1.82) is 0 Å². The molecular formula is C18H20N4O3S. The first-order chi connectivity index (χ1) is 12.6. The van der Waals surface area contributed by atoms with Gasteiger partial charge in [-0.05, 0) is 43.3 Å². The number of thioether (sulfide) groups is 1. The molecule has 0 saturated carbocycles. The molecule has 2 heterocycles. The number of hydrogen-bond donors (Lipinski definition) is 0. The molecule has 26 heavy (non-hydrogen) atoms. The van der Waals surface area contributed by atoms with E-state index < -0.39 is 0 Å². The Morgan fingerprint density at radius 3 is 2.77 bits per heavy atom. The summed E-state index contributed by atoms with van der Waals surface area (Å²) in [7, 11) is 3.39. The number of benzene rings is 1. The van der Waals surface area contributed by atoms with E-state index in [1.54, 1.807) is 31.6 Å². The summed E-state index contributed by atoms with van der Waals surface area (Å²) in [4.78, 5) is 14.2. The molecule has 1 amide bonds. The molecule has 7 nitrogen and oxygen atoms in total. The van der Waals surface area contributed by atoms with E-state index in [4.69, 9.17) is 9.15 Å². The van der Waals surface area contributed by atoms with Gasteiger partial charge < -0.3 is 14.1 Å².